The molecule has 0 bridgehead atoms. The van der Waals surface area contributed by atoms with E-state index in [0.29, 0.717) is 18.1 Å². The number of benzene rings is 1. The van der Waals surface area contributed by atoms with Crippen molar-refractivity contribution in [1.29, 1.82) is 0 Å². The minimum absolute atomic E-state index is 0.394. The highest BCUT2D eigenvalue weighted by molar-refractivity contribution is 5.74. The lowest BCUT2D eigenvalue weighted by molar-refractivity contribution is -0.151. The van der Waals surface area contributed by atoms with Gasteiger partial charge in [0, 0.05) is 0 Å². The van der Waals surface area contributed by atoms with Crippen LogP contribution in [0.15, 0.2) is 30.3 Å². The maximum atomic E-state index is 11.1. The fourth-order valence-electron chi connectivity index (χ4n) is 1.77. The molecule has 2 atom stereocenters. The Morgan fingerprint density at radius 1 is 1.35 bits per heavy atom. The standard InChI is InChI=1S/C14H20O3/c1-3-7-11(2)10-17-13(14(15)16)12-8-5-4-6-9-12/h4-6,8-9,11,13H,3,7,10H2,1-2H3,(H,15,16). The average Bonchev–Trinajstić information content (AvgIpc) is 2.30. The van der Waals surface area contributed by atoms with Crippen molar-refractivity contribution >= 4 is 5.97 Å². The summed E-state index contributed by atoms with van der Waals surface area (Å²) in [6.45, 7) is 4.68. The van der Waals surface area contributed by atoms with Crippen molar-refractivity contribution in [2.45, 2.75) is 32.8 Å². The number of carbonyl (C=O) groups is 1. The molecule has 0 heterocycles. The number of hydrogen-bond donors (Lipinski definition) is 1. The van der Waals surface area contributed by atoms with Crippen LogP contribution in [0.1, 0.15) is 38.4 Å². The van der Waals surface area contributed by atoms with E-state index in [1.54, 1.807) is 12.1 Å². The van der Waals surface area contributed by atoms with E-state index in [-0.39, 0.29) is 0 Å². The topological polar surface area (TPSA) is 46.5 Å². The van der Waals surface area contributed by atoms with Crippen LogP contribution in [0.2, 0.25) is 0 Å². The third kappa shape index (κ3) is 4.57. The molecule has 0 spiro atoms. The van der Waals surface area contributed by atoms with Crippen LogP contribution < -0.4 is 0 Å². The maximum Gasteiger partial charge on any atom is 0.337 e. The molecule has 0 saturated heterocycles. The smallest absolute Gasteiger partial charge is 0.337 e. The van der Waals surface area contributed by atoms with E-state index in [4.69, 9.17) is 9.84 Å². The minimum Gasteiger partial charge on any atom is -0.479 e. The largest absolute Gasteiger partial charge is 0.479 e. The molecule has 1 aromatic carbocycles. The molecule has 0 aliphatic carbocycles. The van der Waals surface area contributed by atoms with Gasteiger partial charge in [0.1, 0.15) is 0 Å². The summed E-state index contributed by atoms with van der Waals surface area (Å²) < 4.78 is 5.50. The van der Waals surface area contributed by atoms with Crippen molar-refractivity contribution in [3.8, 4) is 0 Å². The van der Waals surface area contributed by atoms with Crippen molar-refractivity contribution in [2.24, 2.45) is 5.92 Å². The normalized spacial score (nSPS) is 14.2. The van der Waals surface area contributed by atoms with Gasteiger partial charge in [0.2, 0.25) is 0 Å². The zero-order valence-corrected chi connectivity index (χ0v) is 10.4. The first-order valence-electron chi connectivity index (χ1n) is 6.04. The average molecular weight is 236 g/mol. The molecule has 0 amide bonds. The number of ether oxygens (including phenoxy) is 1. The Bertz CT molecular complexity index is 335. The highest BCUT2D eigenvalue weighted by atomic mass is 16.5. The summed E-state index contributed by atoms with van der Waals surface area (Å²) in [6, 6.07) is 9.07. The molecule has 2 unspecified atom stereocenters. The van der Waals surface area contributed by atoms with E-state index in [9.17, 15) is 4.79 Å². The third-order valence-corrected chi connectivity index (χ3v) is 2.66. The zero-order valence-electron chi connectivity index (χ0n) is 10.4. The van der Waals surface area contributed by atoms with Gasteiger partial charge in [0.15, 0.2) is 6.10 Å². The van der Waals surface area contributed by atoms with Crippen LogP contribution >= 0.6 is 0 Å². The highest BCUT2D eigenvalue weighted by Crippen LogP contribution is 2.19. The zero-order chi connectivity index (χ0) is 12.7. The molecule has 3 heteroatoms. The molecule has 0 fully saturated rings. The Labute approximate surface area is 102 Å². The third-order valence-electron chi connectivity index (χ3n) is 2.66. The van der Waals surface area contributed by atoms with Gasteiger partial charge >= 0.3 is 5.97 Å². The molecule has 94 valence electrons. The number of carboxylic acid groups (broad SMARTS) is 1. The lowest BCUT2D eigenvalue weighted by Gasteiger charge is -2.17. The molecular formula is C14H20O3. The molecule has 1 aromatic rings. The van der Waals surface area contributed by atoms with Gasteiger partial charge in [-0.1, -0.05) is 50.6 Å². The minimum atomic E-state index is -0.931. The molecule has 1 rings (SSSR count). The molecule has 0 aliphatic rings. The summed E-state index contributed by atoms with van der Waals surface area (Å²) in [7, 11) is 0. The van der Waals surface area contributed by atoms with Crippen LogP contribution in [0.5, 0.6) is 0 Å². The number of hydrogen-bond acceptors (Lipinski definition) is 2. The van der Waals surface area contributed by atoms with Gasteiger partial charge < -0.3 is 9.84 Å². The van der Waals surface area contributed by atoms with E-state index >= 15 is 0 Å². The first kappa shape index (κ1) is 13.7. The maximum absolute atomic E-state index is 11.1. The quantitative estimate of drug-likeness (QED) is 0.790. The second-order valence-corrected chi connectivity index (χ2v) is 4.36. The molecular weight excluding hydrogens is 216 g/mol. The Morgan fingerprint density at radius 3 is 2.53 bits per heavy atom. The lowest BCUT2D eigenvalue weighted by Crippen LogP contribution is -2.18. The van der Waals surface area contributed by atoms with Gasteiger partial charge in [-0.15, -0.1) is 0 Å². The van der Waals surface area contributed by atoms with Crippen molar-refractivity contribution < 1.29 is 14.6 Å². The van der Waals surface area contributed by atoms with Crippen molar-refractivity contribution in [3.05, 3.63) is 35.9 Å². The number of rotatable bonds is 7. The van der Waals surface area contributed by atoms with Gasteiger partial charge in [-0.2, -0.15) is 0 Å². The van der Waals surface area contributed by atoms with Crippen LogP contribution in [0.3, 0.4) is 0 Å². The van der Waals surface area contributed by atoms with Gasteiger partial charge in [0.25, 0.3) is 0 Å². The highest BCUT2D eigenvalue weighted by Gasteiger charge is 2.20. The predicted molar refractivity (Wildman–Crippen MR) is 66.8 cm³/mol. The molecule has 0 aliphatic heterocycles. The summed E-state index contributed by atoms with van der Waals surface area (Å²) in [6.07, 6.45) is 1.30. The summed E-state index contributed by atoms with van der Waals surface area (Å²) >= 11 is 0. The van der Waals surface area contributed by atoms with Crippen molar-refractivity contribution in [3.63, 3.8) is 0 Å². The van der Waals surface area contributed by atoms with Crippen LogP contribution in [0.25, 0.3) is 0 Å². The van der Waals surface area contributed by atoms with E-state index in [1.165, 1.54) is 0 Å². The fourth-order valence-corrected chi connectivity index (χ4v) is 1.77. The summed E-state index contributed by atoms with van der Waals surface area (Å²) in [5.41, 5.74) is 0.698. The Balaban J connectivity index is 2.59. The lowest BCUT2D eigenvalue weighted by atomic mass is 10.1. The Kier molecular flexibility index (Phi) is 5.70. The van der Waals surface area contributed by atoms with Gasteiger partial charge in [-0.25, -0.2) is 4.79 Å². The second kappa shape index (κ2) is 7.07. The first-order chi connectivity index (χ1) is 8.15. The van der Waals surface area contributed by atoms with Crippen molar-refractivity contribution in [1.82, 2.24) is 0 Å². The van der Waals surface area contributed by atoms with E-state index in [2.05, 4.69) is 13.8 Å². The molecule has 17 heavy (non-hydrogen) atoms. The van der Waals surface area contributed by atoms with Crippen LogP contribution in [-0.2, 0) is 9.53 Å². The molecule has 0 aromatic heterocycles. The van der Waals surface area contributed by atoms with Gasteiger partial charge in [-0.3, -0.25) is 0 Å². The summed E-state index contributed by atoms with van der Waals surface area (Å²) in [5, 5.41) is 9.14. The monoisotopic (exact) mass is 236 g/mol. The van der Waals surface area contributed by atoms with Gasteiger partial charge in [0.05, 0.1) is 6.61 Å². The SMILES string of the molecule is CCCC(C)COC(C(=O)O)c1ccccc1. The number of aliphatic carboxylic acids is 1. The predicted octanol–water partition coefficient (Wildman–Crippen LogP) is 3.27. The molecule has 3 nitrogen and oxygen atoms in total. The van der Waals surface area contributed by atoms with Crippen LogP contribution in [-0.4, -0.2) is 17.7 Å². The van der Waals surface area contributed by atoms with E-state index in [0.717, 1.165) is 12.8 Å². The summed E-state index contributed by atoms with van der Waals surface area (Å²) in [5.74, 6) is -0.537. The fraction of sp³-hybridized carbons (Fsp3) is 0.500. The second-order valence-electron chi connectivity index (χ2n) is 4.36. The van der Waals surface area contributed by atoms with Gasteiger partial charge in [-0.05, 0) is 17.9 Å². The summed E-state index contributed by atoms with van der Waals surface area (Å²) in [4.78, 5) is 11.1. The van der Waals surface area contributed by atoms with E-state index in [1.807, 2.05) is 18.2 Å². The first-order valence-corrected chi connectivity index (χ1v) is 6.04. The van der Waals surface area contributed by atoms with Crippen molar-refractivity contribution in [2.75, 3.05) is 6.61 Å². The molecule has 1 N–H and O–H groups in total. The Morgan fingerprint density at radius 2 is 2.00 bits per heavy atom. The van der Waals surface area contributed by atoms with Crippen LogP contribution in [0, 0.1) is 5.92 Å². The van der Waals surface area contributed by atoms with Crippen LogP contribution in [0.4, 0.5) is 0 Å². The molecule has 0 saturated carbocycles. The Hall–Kier alpha value is -1.35. The molecule has 0 radical (unpaired) electrons. The van der Waals surface area contributed by atoms with E-state index < -0.39 is 12.1 Å². The number of carboxylic acids is 1.